The van der Waals surface area contributed by atoms with E-state index < -0.39 is 0 Å². The van der Waals surface area contributed by atoms with Gasteiger partial charge in [0.1, 0.15) is 5.69 Å². The van der Waals surface area contributed by atoms with Gasteiger partial charge in [-0.2, -0.15) is 10.2 Å². The van der Waals surface area contributed by atoms with Crippen LogP contribution in [-0.4, -0.2) is 43.0 Å². The monoisotopic (exact) mass is 329 g/mol. The Morgan fingerprint density at radius 1 is 1.38 bits per heavy atom. The summed E-state index contributed by atoms with van der Waals surface area (Å²) in [5.41, 5.74) is 3.80. The number of ether oxygens (including phenoxy) is 1. The molecule has 128 valence electrons. The summed E-state index contributed by atoms with van der Waals surface area (Å²) in [6.07, 6.45) is 2.58. The van der Waals surface area contributed by atoms with Gasteiger partial charge in [0.05, 0.1) is 36.7 Å². The van der Waals surface area contributed by atoms with Gasteiger partial charge < -0.3 is 9.64 Å². The first-order valence-corrected chi connectivity index (χ1v) is 8.63. The Kier molecular flexibility index (Phi) is 3.68. The molecule has 2 aliphatic heterocycles. The maximum Gasteiger partial charge on any atom is 0.272 e. The van der Waals surface area contributed by atoms with E-state index in [1.54, 1.807) is 6.20 Å². The molecule has 4 rings (SSSR count). The number of aryl methyl sites for hydroxylation is 1. The van der Waals surface area contributed by atoms with Gasteiger partial charge in [-0.25, -0.2) is 0 Å². The smallest absolute Gasteiger partial charge is 0.272 e. The SMILES string of the molecule is CCn1nc2c(c1C(=O)N1CCn3nccc3C1)C[C@H](C)O[C@@H]2C. The Balaban J connectivity index is 1.70. The van der Waals surface area contributed by atoms with Gasteiger partial charge in [0, 0.05) is 31.3 Å². The van der Waals surface area contributed by atoms with Crippen LogP contribution < -0.4 is 0 Å². The number of amides is 1. The molecule has 0 saturated carbocycles. The molecule has 0 radical (unpaired) electrons. The minimum atomic E-state index is -0.0640. The molecule has 1 amide bonds. The van der Waals surface area contributed by atoms with Gasteiger partial charge in [-0.05, 0) is 26.8 Å². The van der Waals surface area contributed by atoms with Crippen LogP contribution in [0.3, 0.4) is 0 Å². The summed E-state index contributed by atoms with van der Waals surface area (Å²) in [7, 11) is 0. The lowest BCUT2D eigenvalue weighted by molar-refractivity contribution is -0.00717. The molecule has 0 aromatic carbocycles. The number of carbonyl (C=O) groups is 1. The lowest BCUT2D eigenvalue weighted by Gasteiger charge is -2.29. The molecule has 0 aliphatic carbocycles. The fourth-order valence-corrected chi connectivity index (χ4v) is 3.77. The van der Waals surface area contributed by atoms with E-state index in [1.807, 2.05) is 34.2 Å². The Morgan fingerprint density at radius 2 is 2.21 bits per heavy atom. The number of fused-ring (bicyclic) bond motifs is 2. The first-order chi connectivity index (χ1) is 11.6. The average Bonchev–Trinajstić information content (AvgIpc) is 3.17. The summed E-state index contributed by atoms with van der Waals surface area (Å²) in [4.78, 5) is 15.2. The summed E-state index contributed by atoms with van der Waals surface area (Å²) in [6.45, 7) is 8.79. The normalized spacial score (nSPS) is 23.0. The predicted molar refractivity (Wildman–Crippen MR) is 87.5 cm³/mol. The number of aromatic nitrogens is 4. The molecule has 2 atom stereocenters. The number of carbonyl (C=O) groups excluding carboxylic acids is 1. The van der Waals surface area contributed by atoms with Crippen molar-refractivity contribution < 1.29 is 9.53 Å². The summed E-state index contributed by atoms with van der Waals surface area (Å²) in [5.74, 6) is 0.0688. The molecule has 2 aromatic rings. The highest BCUT2D eigenvalue weighted by Gasteiger charge is 2.34. The van der Waals surface area contributed by atoms with Crippen LogP contribution in [0.25, 0.3) is 0 Å². The topological polar surface area (TPSA) is 65.2 Å². The molecule has 7 heteroatoms. The first-order valence-electron chi connectivity index (χ1n) is 8.63. The maximum absolute atomic E-state index is 13.3. The largest absolute Gasteiger partial charge is 0.369 e. The minimum Gasteiger partial charge on any atom is -0.369 e. The van der Waals surface area contributed by atoms with Crippen LogP contribution >= 0.6 is 0 Å². The van der Waals surface area contributed by atoms with E-state index in [4.69, 9.17) is 4.74 Å². The second-order valence-corrected chi connectivity index (χ2v) is 6.59. The van der Waals surface area contributed by atoms with Crippen LogP contribution in [0, 0.1) is 0 Å². The van der Waals surface area contributed by atoms with E-state index in [1.165, 1.54) is 0 Å². The van der Waals surface area contributed by atoms with Crippen LogP contribution in [0.15, 0.2) is 12.3 Å². The Labute approximate surface area is 141 Å². The molecule has 2 aliphatic rings. The molecule has 24 heavy (non-hydrogen) atoms. The van der Waals surface area contributed by atoms with Crippen LogP contribution in [0.2, 0.25) is 0 Å². The minimum absolute atomic E-state index is 0.0640. The van der Waals surface area contributed by atoms with E-state index in [2.05, 4.69) is 17.1 Å². The zero-order chi connectivity index (χ0) is 16.8. The molecule has 0 fully saturated rings. The van der Waals surface area contributed by atoms with Crippen molar-refractivity contribution in [2.24, 2.45) is 0 Å². The van der Waals surface area contributed by atoms with Crippen LogP contribution in [0.4, 0.5) is 0 Å². The third-order valence-electron chi connectivity index (χ3n) is 4.92. The zero-order valence-electron chi connectivity index (χ0n) is 14.4. The molecule has 0 N–H and O–H groups in total. The molecule has 2 aromatic heterocycles. The van der Waals surface area contributed by atoms with Crippen LogP contribution in [-0.2, 0) is 30.8 Å². The van der Waals surface area contributed by atoms with Gasteiger partial charge in [0.15, 0.2) is 0 Å². The summed E-state index contributed by atoms with van der Waals surface area (Å²) < 4.78 is 9.69. The molecule has 0 bridgehead atoms. The van der Waals surface area contributed by atoms with Gasteiger partial charge >= 0.3 is 0 Å². The molecule has 4 heterocycles. The number of hydrogen-bond acceptors (Lipinski definition) is 4. The van der Waals surface area contributed by atoms with Crippen molar-refractivity contribution in [1.29, 1.82) is 0 Å². The third kappa shape index (κ3) is 2.34. The van der Waals surface area contributed by atoms with Crippen LogP contribution in [0.1, 0.15) is 54.3 Å². The fraction of sp³-hybridized carbons (Fsp3) is 0.588. The van der Waals surface area contributed by atoms with Crippen molar-refractivity contribution in [3.63, 3.8) is 0 Å². The predicted octanol–water partition coefficient (Wildman–Crippen LogP) is 1.78. The number of nitrogens with zero attached hydrogens (tertiary/aromatic N) is 5. The Bertz CT molecular complexity index is 778. The van der Waals surface area contributed by atoms with Crippen molar-refractivity contribution in [2.45, 2.75) is 59.0 Å². The van der Waals surface area contributed by atoms with E-state index in [-0.39, 0.29) is 18.1 Å². The van der Waals surface area contributed by atoms with E-state index in [9.17, 15) is 4.79 Å². The van der Waals surface area contributed by atoms with Gasteiger partial charge in [-0.15, -0.1) is 0 Å². The van der Waals surface area contributed by atoms with E-state index in [0.717, 1.165) is 35.6 Å². The number of rotatable bonds is 2. The summed E-state index contributed by atoms with van der Waals surface area (Å²) >= 11 is 0. The summed E-state index contributed by atoms with van der Waals surface area (Å²) in [5, 5.41) is 8.94. The Hall–Kier alpha value is -2.15. The molecule has 0 unspecified atom stereocenters. The first kappa shape index (κ1) is 15.4. The highest BCUT2D eigenvalue weighted by atomic mass is 16.5. The molecular formula is C17H23N5O2. The van der Waals surface area contributed by atoms with Gasteiger partial charge in [0.2, 0.25) is 0 Å². The van der Waals surface area contributed by atoms with Gasteiger partial charge in [-0.1, -0.05) is 0 Å². The second kappa shape index (κ2) is 5.73. The third-order valence-corrected chi connectivity index (χ3v) is 4.92. The lowest BCUT2D eigenvalue weighted by Crippen LogP contribution is -2.40. The van der Waals surface area contributed by atoms with Crippen molar-refractivity contribution in [3.05, 3.63) is 34.9 Å². The zero-order valence-corrected chi connectivity index (χ0v) is 14.4. The standard InChI is InChI=1S/C17H23N5O2/c1-4-21-16(14-9-11(2)24-12(3)15(14)19-21)17(23)20-7-8-22-13(10-20)5-6-18-22/h5-6,11-12H,4,7-10H2,1-3H3/t11-,12+/m0/s1. The van der Waals surface area contributed by atoms with Gasteiger partial charge in [0.25, 0.3) is 5.91 Å². The Morgan fingerprint density at radius 3 is 3.00 bits per heavy atom. The van der Waals surface area contributed by atoms with Crippen molar-refractivity contribution in [1.82, 2.24) is 24.5 Å². The van der Waals surface area contributed by atoms with Crippen LogP contribution in [0.5, 0.6) is 0 Å². The maximum atomic E-state index is 13.3. The van der Waals surface area contributed by atoms with Gasteiger partial charge in [-0.3, -0.25) is 14.2 Å². The molecule has 7 nitrogen and oxygen atoms in total. The number of hydrogen-bond donors (Lipinski definition) is 0. The summed E-state index contributed by atoms with van der Waals surface area (Å²) in [6, 6.07) is 1.98. The fourth-order valence-electron chi connectivity index (χ4n) is 3.77. The van der Waals surface area contributed by atoms with Crippen molar-refractivity contribution >= 4 is 5.91 Å². The van der Waals surface area contributed by atoms with Crippen molar-refractivity contribution in [3.8, 4) is 0 Å². The highest BCUT2D eigenvalue weighted by molar-refractivity contribution is 5.94. The van der Waals surface area contributed by atoms with Crippen molar-refractivity contribution in [2.75, 3.05) is 6.54 Å². The molecular weight excluding hydrogens is 306 g/mol. The second-order valence-electron chi connectivity index (χ2n) is 6.59. The highest BCUT2D eigenvalue weighted by Crippen LogP contribution is 2.32. The average molecular weight is 329 g/mol. The quantitative estimate of drug-likeness (QED) is 0.842. The van der Waals surface area contributed by atoms with E-state index >= 15 is 0 Å². The molecule has 0 saturated heterocycles. The van der Waals surface area contributed by atoms with E-state index in [0.29, 0.717) is 19.6 Å². The molecule has 0 spiro atoms. The lowest BCUT2D eigenvalue weighted by atomic mass is 9.99.